The second kappa shape index (κ2) is 15.6. The molecule has 248 valence electrons. The molecule has 6 nitrogen and oxygen atoms in total. The first-order valence-electron chi connectivity index (χ1n) is 16.9. The number of ether oxygens (including phenoxy) is 1. The molecule has 0 saturated carbocycles. The molecule has 4 aromatic carbocycles. The Labute approximate surface area is 278 Å². The van der Waals surface area contributed by atoms with Crippen LogP contribution in [0.1, 0.15) is 81.0 Å². The van der Waals surface area contributed by atoms with Crippen molar-refractivity contribution in [1.29, 1.82) is 0 Å². The fraction of sp³-hybridized carbons (Fsp3) is 0.400. The monoisotopic (exact) mass is 638 g/mol. The smallest absolute Gasteiger partial charge is 0.309 e. The summed E-state index contributed by atoms with van der Waals surface area (Å²) in [5, 5.41) is 12.9. The van der Waals surface area contributed by atoms with E-state index in [0.717, 1.165) is 60.4 Å². The summed E-state index contributed by atoms with van der Waals surface area (Å²) in [5.41, 5.74) is 2.95. The molecule has 1 amide bonds. The predicted molar refractivity (Wildman–Crippen MR) is 187 cm³/mol. The van der Waals surface area contributed by atoms with Crippen molar-refractivity contribution in [3.63, 3.8) is 0 Å². The zero-order valence-corrected chi connectivity index (χ0v) is 28.0. The van der Waals surface area contributed by atoms with E-state index >= 15 is 0 Å². The van der Waals surface area contributed by atoms with Crippen molar-refractivity contribution in [3.05, 3.63) is 107 Å². The Hall–Kier alpha value is -4.23. The Morgan fingerprint density at radius 1 is 0.915 bits per heavy atom. The van der Waals surface area contributed by atoms with Gasteiger partial charge in [-0.2, -0.15) is 0 Å². The zero-order chi connectivity index (χ0) is 33.5. The first-order valence-corrected chi connectivity index (χ1v) is 16.9. The normalized spacial score (nSPS) is 18.1. The van der Waals surface area contributed by atoms with Crippen LogP contribution in [0, 0.1) is 18.7 Å². The Morgan fingerprint density at radius 3 is 2.19 bits per heavy atom. The van der Waals surface area contributed by atoms with E-state index in [1.807, 2.05) is 70.5 Å². The van der Waals surface area contributed by atoms with Crippen LogP contribution in [0.25, 0.3) is 10.8 Å². The summed E-state index contributed by atoms with van der Waals surface area (Å²) >= 11 is 0. The van der Waals surface area contributed by atoms with E-state index < -0.39 is 17.9 Å². The van der Waals surface area contributed by atoms with E-state index in [1.165, 1.54) is 6.07 Å². The van der Waals surface area contributed by atoms with Gasteiger partial charge in [-0.25, -0.2) is 4.39 Å². The summed E-state index contributed by atoms with van der Waals surface area (Å²) in [7, 11) is 1.60. The lowest BCUT2D eigenvalue weighted by Gasteiger charge is -2.35. The number of aryl methyl sites for hydroxylation is 1. The summed E-state index contributed by atoms with van der Waals surface area (Å²) in [6, 6.07) is 26.1. The summed E-state index contributed by atoms with van der Waals surface area (Å²) in [6.45, 7) is 6.46. The molecular formula is C40H47FN2O4. The maximum absolute atomic E-state index is 14.7. The second-order valence-electron chi connectivity index (χ2n) is 12.9. The zero-order valence-electron chi connectivity index (χ0n) is 28.0. The minimum absolute atomic E-state index is 0.0374. The fourth-order valence-corrected chi connectivity index (χ4v) is 7.24. The van der Waals surface area contributed by atoms with E-state index in [9.17, 15) is 19.1 Å². The summed E-state index contributed by atoms with van der Waals surface area (Å²) < 4.78 is 19.8. The lowest BCUT2D eigenvalue weighted by molar-refractivity contribution is -0.143. The van der Waals surface area contributed by atoms with Crippen molar-refractivity contribution in [2.75, 3.05) is 25.1 Å². The first-order chi connectivity index (χ1) is 22.7. The number of methoxy groups -OCH3 is 1. The molecule has 0 aliphatic carbocycles. The van der Waals surface area contributed by atoms with Gasteiger partial charge in [0.15, 0.2) is 0 Å². The molecule has 7 heteroatoms. The fourth-order valence-electron chi connectivity index (χ4n) is 7.24. The number of fused-ring (bicyclic) bond motifs is 1. The van der Waals surface area contributed by atoms with Crippen molar-refractivity contribution in [1.82, 2.24) is 4.90 Å². The lowest BCUT2D eigenvalue weighted by Crippen LogP contribution is -2.46. The van der Waals surface area contributed by atoms with Crippen LogP contribution < -0.4 is 9.64 Å². The van der Waals surface area contributed by atoms with E-state index in [2.05, 4.69) is 19.9 Å². The number of hydrogen-bond acceptors (Lipinski definition) is 4. The number of aliphatic carboxylic acids is 1. The van der Waals surface area contributed by atoms with E-state index in [1.54, 1.807) is 26.2 Å². The van der Waals surface area contributed by atoms with Gasteiger partial charge in [-0.15, -0.1) is 0 Å². The van der Waals surface area contributed by atoms with Crippen molar-refractivity contribution >= 4 is 28.3 Å². The maximum Gasteiger partial charge on any atom is 0.309 e. The molecule has 4 aromatic rings. The maximum atomic E-state index is 14.7. The number of benzene rings is 4. The lowest BCUT2D eigenvalue weighted by atomic mass is 9.82. The molecule has 1 fully saturated rings. The van der Waals surface area contributed by atoms with Gasteiger partial charge in [-0.05, 0) is 77.6 Å². The third-order valence-corrected chi connectivity index (χ3v) is 9.72. The van der Waals surface area contributed by atoms with Crippen LogP contribution in [0.4, 0.5) is 10.1 Å². The topological polar surface area (TPSA) is 70.1 Å². The van der Waals surface area contributed by atoms with Gasteiger partial charge in [-0.3, -0.25) is 14.5 Å². The third kappa shape index (κ3) is 7.68. The summed E-state index contributed by atoms with van der Waals surface area (Å²) in [4.78, 5) is 31.8. The van der Waals surface area contributed by atoms with Gasteiger partial charge in [0.05, 0.1) is 19.6 Å². The van der Waals surface area contributed by atoms with Gasteiger partial charge in [0, 0.05) is 30.2 Å². The number of halogens is 1. The molecule has 1 heterocycles. The molecule has 3 atom stereocenters. The van der Waals surface area contributed by atoms with Gasteiger partial charge in [0.2, 0.25) is 5.91 Å². The largest absolute Gasteiger partial charge is 0.497 e. The van der Waals surface area contributed by atoms with Crippen LogP contribution in [-0.4, -0.2) is 48.1 Å². The number of carbonyl (C=O) groups excluding carboxylic acids is 1. The molecule has 0 bridgehead atoms. The number of rotatable bonds is 14. The number of amides is 1. The highest BCUT2D eigenvalue weighted by molar-refractivity contribution is 5.95. The standard InChI is InChI=1S/C40H47FN2O4/c1-5-7-13-32(14-8-6-2)43(33-19-22-36(41)27(3)23-33)37(44)26-42-25-35(31-16-15-28-11-9-10-12-30(28)24-31)38(40(45)46)39(42)29-17-20-34(47-4)21-18-29/h9-12,15-24,32,35,38-39H,5-8,13-14,25-26H2,1-4H3,(H,45,46). The SMILES string of the molecule is CCCCC(CCCC)N(C(=O)CN1CC(c2ccc3ccccc3c2)C(C(=O)O)C1c1ccc(OC)cc1)c1ccc(F)c(C)c1. The molecule has 1 aliphatic rings. The van der Waals surface area contributed by atoms with Crippen LogP contribution in [0.5, 0.6) is 5.75 Å². The number of carbonyl (C=O) groups is 2. The molecule has 0 spiro atoms. The van der Waals surface area contributed by atoms with E-state index in [4.69, 9.17) is 4.74 Å². The van der Waals surface area contributed by atoms with Crippen molar-refractivity contribution < 1.29 is 23.8 Å². The molecule has 1 N–H and O–H groups in total. The van der Waals surface area contributed by atoms with Crippen molar-refractivity contribution in [2.24, 2.45) is 5.92 Å². The first kappa shape index (κ1) is 34.1. The predicted octanol–water partition coefficient (Wildman–Crippen LogP) is 8.92. The number of carboxylic acids is 1. The minimum Gasteiger partial charge on any atom is -0.497 e. The Balaban J connectivity index is 1.57. The number of likely N-dealkylation sites (tertiary alicyclic amines) is 1. The third-order valence-electron chi connectivity index (χ3n) is 9.72. The molecule has 0 radical (unpaired) electrons. The van der Waals surface area contributed by atoms with Crippen LogP contribution in [0.15, 0.2) is 84.9 Å². The molecule has 47 heavy (non-hydrogen) atoms. The Bertz CT molecular complexity index is 1660. The van der Waals surface area contributed by atoms with Gasteiger partial charge < -0.3 is 14.7 Å². The number of hydrogen-bond donors (Lipinski definition) is 1. The van der Waals surface area contributed by atoms with E-state index in [0.29, 0.717) is 23.5 Å². The average molecular weight is 639 g/mol. The average Bonchev–Trinajstić information content (AvgIpc) is 3.46. The quantitative estimate of drug-likeness (QED) is 0.149. The number of anilines is 1. The van der Waals surface area contributed by atoms with Crippen molar-refractivity contribution in [3.8, 4) is 5.75 Å². The molecule has 0 aromatic heterocycles. The van der Waals surface area contributed by atoms with Crippen LogP contribution in [0.2, 0.25) is 0 Å². The summed E-state index contributed by atoms with van der Waals surface area (Å²) in [5.74, 6) is -1.74. The van der Waals surface area contributed by atoms with Gasteiger partial charge >= 0.3 is 5.97 Å². The number of nitrogens with zero attached hydrogens (tertiary/aromatic N) is 2. The summed E-state index contributed by atoms with van der Waals surface area (Å²) in [6.07, 6.45) is 5.65. The van der Waals surface area contributed by atoms with Crippen LogP contribution >= 0.6 is 0 Å². The molecule has 1 aliphatic heterocycles. The second-order valence-corrected chi connectivity index (χ2v) is 12.9. The molecule has 1 saturated heterocycles. The Morgan fingerprint density at radius 2 is 1.57 bits per heavy atom. The highest BCUT2D eigenvalue weighted by Crippen LogP contribution is 2.46. The molecule has 3 unspecified atom stereocenters. The van der Waals surface area contributed by atoms with Gasteiger partial charge in [0.1, 0.15) is 11.6 Å². The van der Waals surface area contributed by atoms with Gasteiger partial charge in [-0.1, -0.05) is 94.1 Å². The number of unbranched alkanes of at least 4 members (excludes halogenated alkanes) is 2. The molecular weight excluding hydrogens is 591 g/mol. The van der Waals surface area contributed by atoms with E-state index in [-0.39, 0.29) is 30.2 Å². The minimum atomic E-state index is -0.895. The number of carboxylic acid groups (broad SMARTS) is 1. The van der Waals surface area contributed by atoms with Gasteiger partial charge in [0.25, 0.3) is 0 Å². The van der Waals surface area contributed by atoms with Crippen LogP contribution in [0.3, 0.4) is 0 Å². The highest BCUT2D eigenvalue weighted by atomic mass is 19.1. The molecule has 5 rings (SSSR count). The highest BCUT2D eigenvalue weighted by Gasteiger charge is 2.48. The van der Waals surface area contributed by atoms with Crippen molar-refractivity contribution in [2.45, 2.75) is 77.3 Å². The van der Waals surface area contributed by atoms with Crippen LogP contribution in [-0.2, 0) is 9.59 Å². The Kier molecular flexibility index (Phi) is 11.3.